The monoisotopic (exact) mass is 230 g/mol. The highest BCUT2D eigenvalue weighted by atomic mass is 16.3. The van der Waals surface area contributed by atoms with Crippen molar-refractivity contribution in [2.45, 2.75) is 27.7 Å². The zero-order chi connectivity index (χ0) is 13.1. The third-order valence-corrected chi connectivity index (χ3v) is 1.95. The Bertz CT molecular complexity index is 393. The van der Waals surface area contributed by atoms with Gasteiger partial charge >= 0.3 is 0 Å². The lowest BCUT2D eigenvalue weighted by Gasteiger charge is -2.00. The summed E-state index contributed by atoms with van der Waals surface area (Å²) < 4.78 is 0. The Morgan fingerprint density at radius 3 is 1.71 bits per heavy atom. The van der Waals surface area contributed by atoms with Gasteiger partial charge in [0.1, 0.15) is 5.75 Å². The number of aromatic hydroxyl groups is 1. The van der Waals surface area contributed by atoms with Crippen molar-refractivity contribution in [2.24, 2.45) is 0 Å². The van der Waals surface area contributed by atoms with Crippen molar-refractivity contribution in [2.75, 3.05) is 0 Å². The molecule has 0 aromatic heterocycles. The lowest BCUT2D eigenvalue weighted by atomic mass is 10.1. The molecule has 0 saturated heterocycles. The highest BCUT2D eigenvalue weighted by Gasteiger charge is 1.95. The van der Waals surface area contributed by atoms with E-state index in [0.717, 1.165) is 11.1 Å². The molecule has 0 fully saturated rings. The van der Waals surface area contributed by atoms with Crippen LogP contribution in [-0.4, -0.2) is 5.11 Å². The first kappa shape index (κ1) is 15.2. The average Bonchev–Trinajstić information content (AvgIpc) is 2.44. The lowest BCUT2D eigenvalue weighted by Crippen LogP contribution is -1.75. The van der Waals surface area contributed by atoms with Crippen molar-refractivity contribution in [1.82, 2.24) is 0 Å². The molecule has 92 valence electrons. The topological polar surface area (TPSA) is 20.2 Å². The largest absolute Gasteiger partial charge is 0.508 e. The third-order valence-electron chi connectivity index (χ3n) is 1.95. The number of phenols is 1. The summed E-state index contributed by atoms with van der Waals surface area (Å²) in [5, 5.41) is 9.27. The second-order valence-electron chi connectivity index (χ2n) is 2.92. The second kappa shape index (κ2) is 9.46. The first-order valence-electron chi connectivity index (χ1n) is 6.21. The fourth-order valence-electron chi connectivity index (χ4n) is 1.32. The SMILES string of the molecule is CC.CC.Oc1cccc(-c2ccccc2)c1. The number of benzene rings is 2. The van der Waals surface area contributed by atoms with E-state index in [1.807, 2.05) is 70.2 Å². The summed E-state index contributed by atoms with van der Waals surface area (Å²) in [5.74, 6) is 0.307. The van der Waals surface area contributed by atoms with Gasteiger partial charge in [-0.25, -0.2) is 0 Å². The molecule has 17 heavy (non-hydrogen) atoms. The number of hydrogen-bond donors (Lipinski definition) is 1. The lowest BCUT2D eigenvalue weighted by molar-refractivity contribution is 0.475. The molecular weight excluding hydrogens is 208 g/mol. The molecule has 1 N–H and O–H groups in total. The van der Waals surface area contributed by atoms with Crippen molar-refractivity contribution in [3.63, 3.8) is 0 Å². The Morgan fingerprint density at radius 1 is 0.647 bits per heavy atom. The summed E-state index contributed by atoms with van der Waals surface area (Å²) in [5.41, 5.74) is 2.17. The Hall–Kier alpha value is -1.76. The summed E-state index contributed by atoms with van der Waals surface area (Å²) in [6.07, 6.45) is 0. The molecule has 0 aliphatic carbocycles. The van der Waals surface area contributed by atoms with E-state index in [4.69, 9.17) is 0 Å². The van der Waals surface area contributed by atoms with Gasteiger partial charge in [0.15, 0.2) is 0 Å². The molecule has 0 bridgehead atoms. The van der Waals surface area contributed by atoms with Crippen molar-refractivity contribution in [3.8, 4) is 16.9 Å². The quantitative estimate of drug-likeness (QED) is 0.721. The van der Waals surface area contributed by atoms with E-state index in [1.165, 1.54) is 0 Å². The van der Waals surface area contributed by atoms with Crippen LogP contribution in [-0.2, 0) is 0 Å². The normalized spacial score (nSPS) is 8.24. The summed E-state index contributed by atoms with van der Waals surface area (Å²) in [7, 11) is 0. The molecule has 2 aromatic rings. The Kier molecular flexibility index (Phi) is 8.48. The molecule has 0 saturated carbocycles. The standard InChI is InChI=1S/C12H10O.2C2H6/c13-12-8-4-7-11(9-12)10-5-2-1-3-6-10;2*1-2/h1-9,13H;2*1-2H3. The first-order valence-corrected chi connectivity index (χ1v) is 6.21. The van der Waals surface area contributed by atoms with Crippen LogP contribution in [0.15, 0.2) is 54.6 Å². The van der Waals surface area contributed by atoms with Gasteiger partial charge in [0.25, 0.3) is 0 Å². The summed E-state index contributed by atoms with van der Waals surface area (Å²) in [6, 6.07) is 17.3. The average molecular weight is 230 g/mol. The van der Waals surface area contributed by atoms with Crippen LogP contribution in [0.3, 0.4) is 0 Å². The molecule has 0 heterocycles. The van der Waals surface area contributed by atoms with E-state index >= 15 is 0 Å². The second-order valence-corrected chi connectivity index (χ2v) is 2.92. The van der Waals surface area contributed by atoms with E-state index in [-0.39, 0.29) is 0 Å². The van der Waals surface area contributed by atoms with Gasteiger partial charge < -0.3 is 5.11 Å². The van der Waals surface area contributed by atoms with Crippen molar-refractivity contribution < 1.29 is 5.11 Å². The van der Waals surface area contributed by atoms with Crippen LogP contribution in [0.1, 0.15) is 27.7 Å². The zero-order valence-corrected chi connectivity index (χ0v) is 11.1. The van der Waals surface area contributed by atoms with Crippen LogP contribution in [0, 0.1) is 0 Å². The highest BCUT2D eigenvalue weighted by Crippen LogP contribution is 2.22. The number of phenolic OH excluding ortho intramolecular Hbond substituents is 1. The van der Waals surface area contributed by atoms with Gasteiger partial charge in [-0.3, -0.25) is 0 Å². The van der Waals surface area contributed by atoms with Gasteiger partial charge in [-0.15, -0.1) is 0 Å². The Labute approximate surface area is 105 Å². The van der Waals surface area contributed by atoms with E-state index in [2.05, 4.69) is 0 Å². The third kappa shape index (κ3) is 5.21. The highest BCUT2D eigenvalue weighted by molar-refractivity contribution is 5.64. The number of hydrogen-bond acceptors (Lipinski definition) is 1. The van der Waals surface area contributed by atoms with E-state index in [9.17, 15) is 5.11 Å². The molecule has 0 radical (unpaired) electrons. The molecule has 0 aliphatic rings. The fraction of sp³-hybridized carbons (Fsp3) is 0.250. The molecule has 0 atom stereocenters. The van der Waals surface area contributed by atoms with Crippen LogP contribution in [0.4, 0.5) is 0 Å². The van der Waals surface area contributed by atoms with Crippen molar-refractivity contribution >= 4 is 0 Å². The van der Waals surface area contributed by atoms with Crippen LogP contribution >= 0.6 is 0 Å². The van der Waals surface area contributed by atoms with Gasteiger partial charge in [0.2, 0.25) is 0 Å². The maximum absolute atomic E-state index is 9.27. The van der Waals surface area contributed by atoms with E-state index in [1.54, 1.807) is 12.1 Å². The minimum absolute atomic E-state index is 0.307. The van der Waals surface area contributed by atoms with Crippen LogP contribution in [0.2, 0.25) is 0 Å². The van der Waals surface area contributed by atoms with E-state index in [0.29, 0.717) is 5.75 Å². The van der Waals surface area contributed by atoms with Crippen molar-refractivity contribution in [1.29, 1.82) is 0 Å². The maximum Gasteiger partial charge on any atom is 0.116 e. The van der Waals surface area contributed by atoms with Gasteiger partial charge in [0.05, 0.1) is 0 Å². The van der Waals surface area contributed by atoms with Gasteiger partial charge in [-0.1, -0.05) is 70.2 Å². The maximum atomic E-state index is 9.27. The Morgan fingerprint density at radius 2 is 1.18 bits per heavy atom. The molecule has 0 unspecified atom stereocenters. The zero-order valence-electron chi connectivity index (χ0n) is 11.1. The van der Waals surface area contributed by atoms with Crippen LogP contribution in [0.25, 0.3) is 11.1 Å². The van der Waals surface area contributed by atoms with Gasteiger partial charge in [-0.05, 0) is 23.3 Å². The predicted molar refractivity (Wildman–Crippen MR) is 76.2 cm³/mol. The van der Waals surface area contributed by atoms with Crippen LogP contribution in [0.5, 0.6) is 5.75 Å². The molecule has 1 nitrogen and oxygen atoms in total. The molecule has 2 aromatic carbocycles. The minimum Gasteiger partial charge on any atom is -0.508 e. The molecule has 1 heteroatoms. The molecule has 0 amide bonds. The molecule has 0 aliphatic heterocycles. The summed E-state index contributed by atoms with van der Waals surface area (Å²) >= 11 is 0. The molecule has 2 rings (SSSR count). The molecule has 0 spiro atoms. The summed E-state index contributed by atoms with van der Waals surface area (Å²) in [4.78, 5) is 0. The van der Waals surface area contributed by atoms with Crippen molar-refractivity contribution in [3.05, 3.63) is 54.6 Å². The number of rotatable bonds is 1. The summed E-state index contributed by atoms with van der Waals surface area (Å²) in [6.45, 7) is 8.00. The van der Waals surface area contributed by atoms with Gasteiger partial charge in [0, 0.05) is 0 Å². The first-order chi connectivity index (χ1) is 8.36. The minimum atomic E-state index is 0.307. The smallest absolute Gasteiger partial charge is 0.116 e. The molecular formula is C16H22O. The van der Waals surface area contributed by atoms with Gasteiger partial charge in [-0.2, -0.15) is 0 Å². The van der Waals surface area contributed by atoms with E-state index < -0.39 is 0 Å². The predicted octanol–water partition coefficient (Wildman–Crippen LogP) is 5.11. The Balaban J connectivity index is 0.000000581. The van der Waals surface area contributed by atoms with Crippen LogP contribution < -0.4 is 0 Å². The fourth-order valence-corrected chi connectivity index (χ4v) is 1.32.